The molecule has 0 radical (unpaired) electrons. The Bertz CT molecular complexity index is 1220. The van der Waals surface area contributed by atoms with Crippen molar-refractivity contribution in [1.82, 2.24) is 4.90 Å². The molecule has 2 aromatic carbocycles. The number of carbonyl (C=O) groups is 3. The molecule has 0 aliphatic carbocycles. The molecule has 1 atom stereocenters. The van der Waals surface area contributed by atoms with Gasteiger partial charge in [0, 0.05) is 0 Å². The van der Waals surface area contributed by atoms with Gasteiger partial charge in [0.15, 0.2) is 5.84 Å². The number of para-hydroxylation sites is 1. The molecule has 32 heavy (non-hydrogen) atoms. The van der Waals surface area contributed by atoms with Crippen molar-refractivity contribution in [2.45, 2.75) is 31.2 Å². The van der Waals surface area contributed by atoms with E-state index >= 15 is 0 Å². The van der Waals surface area contributed by atoms with Crippen molar-refractivity contribution in [3.8, 4) is 0 Å². The molecule has 2 aromatic rings. The molecular weight excluding hydrogens is 434 g/mol. The number of hydrogen-bond acceptors (Lipinski definition) is 7. The van der Waals surface area contributed by atoms with Gasteiger partial charge in [-0.25, -0.2) is 4.79 Å². The monoisotopic (exact) mass is 455 g/mol. The van der Waals surface area contributed by atoms with Crippen LogP contribution in [0.25, 0.3) is 0 Å². The highest BCUT2D eigenvalue weighted by molar-refractivity contribution is 7.90. The van der Waals surface area contributed by atoms with Crippen molar-refractivity contribution in [3.05, 3.63) is 59.7 Å². The lowest BCUT2D eigenvalue weighted by Gasteiger charge is -2.26. The Hall–Kier alpha value is -3.53. The maximum absolute atomic E-state index is 13.0. The van der Waals surface area contributed by atoms with E-state index in [1.807, 2.05) is 13.8 Å². The van der Waals surface area contributed by atoms with E-state index in [1.165, 1.54) is 18.2 Å². The van der Waals surface area contributed by atoms with Gasteiger partial charge in [0.2, 0.25) is 0 Å². The van der Waals surface area contributed by atoms with Crippen LogP contribution in [0.5, 0.6) is 0 Å². The smallest absolute Gasteiger partial charge is 0.329 e. The van der Waals surface area contributed by atoms with E-state index in [0.29, 0.717) is 5.69 Å². The Morgan fingerprint density at radius 1 is 1.03 bits per heavy atom. The summed E-state index contributed by atoms with van der Waals surface area (Å²) < 4.78 is 33.7. The van der Waals surface area contributed by atoms with E-state index < -0.39 is 40.5 Å². The number of hydrogen-bond donors (Lipinski definition) is 1. The number of fused-ring (bicyclic) bond motifs is 2. The quantitative estimate of drug-likeness (QED) is 0.524. The molecule has 0 saturated carbocycles. The number of rotatable bonds is 6. The van der Waals surface area contributed by atoms with Crippen LogP contribution >= 0.6 is 0 Å². The molecule has 9 nitrogen and oxygen atoms in total. The largest absolute Gasteiger partial charge is 0.456 e. The standard InChI is InChI=1S/C22H21N3O6S/c1-13(2)11-17(25-20(26)14-7-3-4-8-15(14)21(25)27)22(28)31-12-19-23-16-9-5-6-10-18(16)32(29,30)24-19/h3-10,13,17H,11-12H2,1-2H3,(H,23,24). The Morgan fingerprint density at radius 2 is 1.62 bits per heavy atom. The third-order valence-electron chi connectivity index (χ3n) is 5.13. The Kier molecular flexibility index (Phi) is 5.55. The van der Waals surface area contributed by atoms with Crippen LogP contribution in [0.15, 0.2) is 57.8 Å². The first-order chi connectivity index (χ1) is 15.2. The highest BCUT2D eigenvalue weighted by Gasteiger charge is 2.43. The molecule has 0 aromatic heterocycles. The van der Waals surface area contributed by atoms with Gasteiger partial charge in [0.05, 0.1) is 16.8 Å². The molecule has 0 fully saturated rings. The molecule has 4 rings (SSSR count). The number of amides is 2. The second kappa shape index (κ2) is 8.19. The molecule has 10 heteroatoms. The van der Waals surface area contributed by atoms with E-state index in [4.69, 9.17) is 4.74 Å². The summed E-state index contributed by atoms with van der Waals surface area (Å²) in [5.41, 5.74) is 0.799. The van der Waals surface area contributed by atoms with Crippen molar-refractivity contribution in [1.29, 1.82) is 0 Å². The van der Waals surface area contributed by atoms with Crippen LogP contribution in [0.2, 0.25) is 0 Å². The van der Waals surface area contributed by atoms with E-state index in [2.05, 4.69) is 9.71 Å². The number of nitrogens with zero attached hydrogens (tertiary/aromatic N) is 2. The highest BCUT2D eigenvalue weighted by Crippen LogP contribution is 2.28. The summed E-state index contributed by atoms with van der Waals surface area (Å²) in [5.74, 6) is -2.01. The van der Waals surface area contributed by atoms with Gasteiger partial charge in [0.25, 0.3) is 21.8 Å². The molecule has 0 saturated heterocycles. The molecule has 166 valence electrons. The number of ether oxygens (including phenoxy) is 1. The van der Waals surface area contributed by atoms with Crippen LogP contribution in [-0.2, 0) is 19.6 Å². The summed E-state index contributed by atoms with van der Waals surface area (Å²) in [5, 5.41) is 2.84. The molecule has 2 aliphatic rings. The van der Waals surface area contributed by atoms with Gasteiger partial charge in [0.1, 0.15) is 17.5 Å². The zero-order chi connectivity index (χ0) is 23.0. The number of carbonyl (C=O) groups excluding carboxylic acids is 3. The minimum absolute atomic E-state index is 0.0192. The van der Waals surface area contributed by atoms with Crippen LogP contribution in [0.1, 0.15) is 41.0 Å². The molecule has 0 bridgehead atoms. The number of amidine groups is 1. The predicted molar refractivity (Wildman–Crippen MR) is 116 cm³/mol. The number of esters is 1. The summed E-state index contributed by atoms with van der Waals surface area (Å²) >= 11 is 0. The first-order valence-corrected chi connectivity index (χ1v) is 11.5. The molecule has 1 unspecified atom stereocenters. The van der Waals surface area contributed by atoms with Gasteiger partial charge in [-0.3, -0.25) is 14.5 Å². The lowest BCUT2D eigenvalue weighted by molar-refractivity contribution is -0.147. The van der Waals surface area contributed by atoms with Gasteiger partial charge in [-0.2, -0.15) is 8.42 Å². The van der Waals surface area contributed by atoms with Crippen molar-refractivity contribution in [2.24, 2.45) is 10.3 Å². The van der Waals surface area contributed by atoms with E-state index in [1.54, 1.807) is 30.3 Å². The number of benzene rings is 2. The van der Waals surface area contributed by atoms with Crippen molar-refractivity contribution in [2.75, 3.05) is 11.9 Å². The summed E-state index contributed by atoms with van der Waals surface area (Å²) in [6, 6.07) is 11.5. The zero-order valence-electron chi connectivity index (χ0n) is 17.4. The van der Waals surface area contributed by atoms with Gasteiger partial charge >= 0.3 is 5.97 Å². The summed E-state index contributed by atoms with van der Waals surface area (Å²) in [4.78, 5) is 39.6. The van der Waals surface area contributed by atoms with Crippen molar-refractivity contribution >= 4 is 39.3 Å². The van der Waals surface area contributed by atoms with Crippen LogP contribution in [0.4, 0.5) is 5.69 Å². The minimum atomic E-state index is -3.93. The Morgan fingerprint density at radius 3 is 2.25 bits per heavy atom. The van der Waals surface area contributed by atoms with Crippen LogP contribution in [0, 0.1) is 5.92 Å². The lowest BCUT2D eigenvalue weighted by Crippen LogP contribution is -2.47. The second-order valence-electron chi connectivity index (χ2n) is 7.91. The molecule has 2 heterocycles. The summed E-state index contributed by atoms with van der Waals surface area (Å²) in [6.45, 7) is 3.26. The molecule has 1 N–H and O–H groups in total. The topological polar surface area (TPSA) is 122 Å². The zero-order valence-corrected chi connectivity index (χ0v) is 18.3. The fraction of sp³-hybridized carbons (Fsp3) is 0.273. The maximum atomic E-state index is 13.0. The first-order valence-electron chi connectivity index (χ1n) is 10.0. The predicted octanol–water partition coefficient (Wildman–Crippen LogP) is 2.45. The lowest BCUT2D eigenvalue weighted by atomic mass is 10.0. The average molecular weight is 455 g/mol. The molecule has 2 aliphatic heterocycles. The SMILES string of the molecule is CC(C)CC(C(=O)OCC1=NS(=O)(=O)c2ccccc2N1)N1C(=O)c2ccccc2C1=O. The molecular formula is C22H21N3O6S. The highest BCUT2D eigenvalue weighted by atomic mass is 32.2. The van der Waals surface area contributed by atoms with Crippen LogP contribution in [-0.4, -0.2) is 49.6 Å². The third-order valence-corrected chi connectivity index (χ3v) is 6.50. The fourth-order valence-corrected chi connectivity index (χ4v) is 4.84. The second-order valence-corrected chi connectivity index (χ2v) is 9.49. The molecule has 2 amide bonds. The average Bonchev–Trinajstić information content (AvgIpc) is 3.00. The number of sulfonamides is 1. The van der Waals surface area contributed by atoms with E-state index in [0.717, 1.165) is 4.90 Å². The van der Waals surface area contributed by atoms with Crippen LogP contribution < -0.4 is 5.32 Å². The summed E-state index contributed by atoms with van der Waals surface area (Å²) in [7, 11) is -3.93. The maximum Gasteiger partial charge on any atom is 0.329 e. The third kappa shape index (κ3) is 3.89. The number of anilines is 1. The van der Waals surface area contributed by atoms with Gasteiger partial charge < -0.3 is 10.1 Å². The van der Waals surface area contributed by atoms with Crippen molar-refractivity contribution in [3.63, 3.8) is 0 Å². The first kappa shape index (κ1) is 21.7. The number of imide groups is 1. The van der Waals surface area contributed by atoms with E-state index in [-0.39, 0.29) is 34.2 Å². The van der Waals surface area contributed by atoms with Crippen molar-refractivity contribution < 1.29 is 27.5 Å². The fourth-order valence-electron chi connectivity index (χ4n) is 3.71. The summed E-state index contributed by atoms with van der Waals surface area (Å²) in [6.07, 6.45) is 0.200. The number of nitrogens with one attached hydrogen (secondary N) is 1. The van der Waals surface area contributed by atoms with E-state index in [9.17, 15) is 22.8 Å². The van der Waals surface area contributed by atoms with Crippen LogP contribution in [0.3, 0.4) is 0 Å². The van der Waals surface area contributed by atoms with Gasteiger partial charge in [-0.05, 0) is 36.6 Å². The minimum Gasteiger partial charge on any atom is -0.456 e. The Balaban J connectivity index is 1.54. The van der Waals surface area contributed by atoms with Gasteiger partial charge in [-0.15, -0.1) is 4.40 Å². The molecule has 0 spiro atoms. The van der Waals surface area contributed by atoms with Gasteiger partial charge in [-0.1, -0.05) is 38.1 Å². The Labute approximate surface area is 185 Å². The normalized spacial score (nSPS) is 17.3.